The van der Waals surface area contributed by atoms with E-state index in [2.05, 4.69) is 13.8 Å². The molecule has 0 fully saturated rings. The summed E-state index contributed by atoms with van der Waals surface area (Å²) in [6.45, 7) is 6.61. The van der Waals surface area contributed by atoms with E-state index >= 15 is 0 Å². The number of rotatable bonds is 5. The lowest BCUT2D eigenvalue weighted by atomic mass is 10.1. The number of nitrogens with two attached hydrogens (primary N) is 1. The monoisotopic (exact) mass is 221 g/mol. The fourth-order valence-electron chi connectivity index (χ4n) is 1.31. The van der Waals surface area contributed by atoms with Gasteiger partial charge >= 0.3 is 0 Å². The number of anilines is 1. The minimum atomic E-state index is 0.0992. The Morgan fingerprint density at radius 2 is 2.12 bits per heavy atom. The Balaban J connectivity index is 2.79. The van der Waals surface area contributed by atoms with Crippen LogP contribution in [0.4, 0.5) is 5.69 Å². The Morgan fingerprint density at radius 1 is 1.44 bits per heavy atom. The Labute approximate surface area is 96.6 Å². The van der Waals surface area contributed by atoms with E-state index in [0.717, 1.165) is 0 Å². The van der Waals surface area contributed by atoms with E-state index in [9.17, 15) is 4.79 Å². The van der Waals surface area contributed by atoms with E-state index in [0.29, 0.717) is 35.9 Å². The van der Waals surface area contributed by atoms with Crippen LogP contribution in [-0.4, -0.2) is 12.4 Å². The van der Waals surface area contributed by atoms with Crippen molar-refractivity contribution in [3.63, 3.8) is 0 Å². The number of benzene rings is 1. The van der Waals surface area contributed by atoms with Gasteiger partial charge in [0.2, 0.25) is 0 Å². The molecule has 88 valence electrons. The van der Waals surface area contributed by atoms with Crippen LogP contribution in [0.5, 0.6) is 5.75 Å². The largest absolute Gasteiger partial charge is 0.491 e. The molecule has 1 aromatic rings. The van der Waals surface area contributed by atoms with Gasteiger partial charge in [-0.25, -0.2) is 0 Å². The number of hydrogen-bond donors (Lipinski definition) is 1. The first-order valence-corrected chi connectivity index (χ1v) is 5.60. The summed E-state index contributed by atoms with van der Waals surface area (Å²) < 4.78 is 5.53. The van der Waals surface area contributed by atoms with Gasteiger partial charge in [0.15, 0.2) is 5.78 Å². The van der Waals surface area contributed by atoms with Gasteiger partial charge in [0.1, 0.15) is 5.75 Å². The molecule has 0 aliphatic heterocycles. The maximum atomic E-state index is 11.4. The first-order chi connectivity index (χ1) is 7.54. The van der Waals surface area contributed by atoms with E-state index in [4.69, 9.17) is 10.5 Å². The van der Waals surface area contributed by atoms with Crippen LogP contribution in [0.25, 0.3) is 0 Å². The summed E-state index contributed by atoms with van der Waals surface area (Å²) in [4.78, 5) is 11.4. The summed E-state index contributed by atoms with van der Waals surface area (Å²) in [7, 11) is 0. The van der Waals surface area contributed by atoms with Crippen molar-refractivity contribution in [1.82, 2.24) is 0 Å². The molecule has 0 saturated carbocycles. The second-order valence-corrected chi connectivity index (χ2v) is 4.23. The van der Waals surface area contributed by atoms with E-state index in [-0.39, 0.29) is 5.78 Å². The van der Waals surface area contributed by atoms with E-state index in [1.807, 2.05) is 6.92 Å². The van der Waals surface area contributed by atoms with Gasteiger partial charge in [-0.3, -0.25) is 4.79 Å². The van der Waals surface area contributed by atoms with Crippen LogP contribution in [0.1, 0.15) is 37.6 Å². The summed E-state index contributed by atoms with van der Waals surface area (Å²) >= 11 is 0. The molecule has 3 nitrogen and oxygen atoms in total. The molecule has 16 heavy (non-hydrogen) atoms. The zero-order valence-electron chi connectivity index (χ0n) is 10.1. The van der Waals surface area contributed by atoms with Crippen molar-refractivity contribution >= 4 is 11.5 Å². The molecule has 0 aliphatic carbocycles. The predicted octanol–water partition coefficient (Wildman–Crippen LogP) is 2.90. The molecule has 0 atom stereocenters. The first kappa shape index (κ1) is 12.6. The first-order valence-electron chi connectivity index (χ1n) is 5.60. The Morgan fingerprint density at radius 3 is 2.62 bits per heavy atom. The topological polar surface area (TPSA) is 52.3 Å². The number of Topliss-reactive ketones (excluding diaryl/α,β-unsaturated/α-hetero) is 1. The number of nitrogen functional groups attached to an aromatic ring is 1. The van der Waals surface area contributed by atoms with Crippen molar-refractivity contribution in [2.45, 2.75) is 27.2 Å². The molecule has 0 heterocycles. The maximum Gasteiger partial charge on any atom is 0.162 e. The zero-order valence-corrected chi connectivity index (χ0v) is 10.1. The summed E-state index contributed by atoms with van der Waals surface area (Å²) in [6, 6.07) is 5.21. The van der Waals surface area contributed by atoms with Crippen molar-refractivity contribution in [2.75, 3.05) is 12.3 Å². The summed E-state index contributed by atoms with van der Waals surface area (Å²) in [6.07, 6.45) is 0.492. The molecule has 0 bridgehead atoms. The highest BCUT2D eigenvalue weighted by molar-refractivity contribution is 5.97. The SMILES string of the molecule is CCC(=O)c1ccc(OCC(C)C)c(N)c1. The number of hydrogen-bond acceptors (Lipinski definition) is 3. The van der Waals surface area contributed by atoms with Gasteiger partial charge in [-0.05, 0) is 24.1 Å². The highest BCUT2D eigenvalue weighted by Gasteiger charge is 2.07. The third-order valence-corrected chi connectivity index (χ3v) is 2.23. The standard InChI is InChI=1S/C13H19NO2/c1-4-12(15)10-5-6-13(11(14)7-10)16-8-9(2)3/h5-7,9H,4,8,14H2,1-3H3. The van der Waals surface area contributed by atoms with Crippen molar-refractivity contribution in [2.24, 2.45) is 5.92 Å². The van der Waals surface area contributed by atoms with Crippen LogP contribution >= 0.6 is 0 Å². The van der Waals surface area contributed by atoms with Gasteiger partial charge < -0.3 is 10.5 Å². The minimum absolute atomic E-state index is 0.0992. The molecule has 1 rings (SSSR count). The highest BCUT2D eigenvalue weighted by Crippen LogP contribution is 2.23. The van der Waals surface area contributed by atoms with E-state index in [1.54, 1.807) is 18.2 Å². The van der Waals surface area contributed by atoms with Gasteiger partial charge in [0.25, 0.3) is 0 Å². The Hall–Kier alpha value is -1.51. The predicted molar refractivity (Wildman–Crippen MR) is 65.8 cm³/mol. The van der Waals surface area contributed by atoms with Gasteiger partial charge in [-0.1, -0.05) is 20.8 Å². The molecule has 1 aromatic carbocycles. The Bertz CT molecular complexity index is 372. The van der Waals surface area contributed by atoms with Crippen LogP contribution < -0.4 is 10.5 Å². The summed E-state index contributed by atoms with van der Waals surface area (Å²) in [5.74, 6) is 1.21. The van der Waals surface area contributed by atoms with Crippen LogP contribution in [0, 0.1) is 5.92 Å². The zero-order chi connectivity index (χ0) is 12.1. The molecular formula is C13H19NO2. The molecule has 0 unspecified atom stereocenters. The number of ether oxygens (including phenoxy) is 1. The molecular weight excluding hydrogens is 202 g/mol. The molecule has 0 spiro atoms. The van der Waals surface area contributed by atoms with Crippen molar-refractivity contribution in [1.29, 1.82) is 0 Å². The molecule has 0 saturated heterocycles. The molecule has 3 heteroatoms. The number of ketones is 1. The average molecular weight is 221 g/mol. The second-order valence-electron chi connectivity index (χ2n) is 4.23. The molecule has 0 radical (unpaired) electrons. The van der Waals surface area contributed by atoms with Gasteiger partial charge in [0.05, 0.1) is 12.3 Å². The molecule has 0 amide bonds. The van der Waals surface area contributed by atoms with Crippen LogP contribution in [0.3, 0.4) is 0 Å². The van der Waals surface area contributed by atoms with Crippen molar-refractivity contribution in [3.8, 4) is 5.75 Å². The van der Waals surface area contributed by atoms with Crippen molar-refractivity contribution < 1.29 is 9.53 Å². The van der Waals surface area contributed by atoms with Crippen LogP contribution in [-0.2, 0) is 0 Å². The molecule has 0 aliphatic rings. The molecule has 0 aromatic heterocycles. The summed E-state index contributed by atoms with van der Waals surface area (Å²) in [5.41, 5.74) is 7.00. The average Bonchev–Trinajstić information content (AvgIpc) is 2.26. The normalized spacial score (nSPS) is 10.5. The smallest absolute Gasteiger partial charge is 0.162 e. The van der Waals surface area contributed by atoms with Crippen molar-refractivity contribution in [3.05, 3.63) is 23.8 Å². The lowest BCUT2D eigenvalue weighted by Crippen LogP contribution is -2.07. The lowest BCUT2D eigenvalue weighted by Gasteiger charge is -2.11. The second kappa shape index (κ2) is 5.54. The maximum absolute atomic E-state index is 11.4. The molecule has 2 N–H and O–H groups in total. The third kappa shape index (κ3) is 3.26. The quantitative estimate of drug-likeness (QED) is 0.614. The summed E-state index contributed by atoms with van der Waals surface area (Å²) in [5, 5.41) is 0. The highest BCUT2D eigenvalue weighted by atomic mass is 16.5. The fraction of sp³-hybridized carbons (Fsp3) is 0.462. The lowest BCUT2D eigenvalue weighted by molar-refractivity contribution is 0.0988. The van der Waals surface area contributed by atoms with Crippen LogP contribution in [0.2, 0.25) is 0 Å². The van der Waals surface area contributed by atoms with E-state index in [1.165, 1.54) is 0 Å². The fourth-order valence-corrected chi connectivity index (χ4v) is 1.31. The third-order valence-electron chi connectivity index (χ3n) is 2.23. The Kier molecular flexibility index (Phi) is 4.35. The van der Waals surface area contributed by atoms with Gasteiger partial charge in [-0.2, -0.15) is 0 Å². The number of carbonyl (C=O) groups excluding carboxylic acids is 1. The number of carbonyl (C=O) groups is 1. The van der Waals surface area contributed by atoms with Gasteiger partial charge in [-0.15, -0.1) is 0 Å². The van der Waals surface area contributed by atoms with Crippen LogP contribution in [0.15, 0.2) is 18.2 Å². The minimum Gasteiger partial charge on any atom is -0.491 e. The van der Waals surface area contributed by atoms with E-state index < -0.39 is 0 Å². The van der Waals surface area contributed by atoms with Gasteiger partial charge in [0, 0.05) is 12.0 Å².